The Labute approximate surface area is 197 Å². The molecule has 1 saturated heterocycles. The number of halogens is 1. The summed E-state index contributed by atoms with van der Waals surface area (Å²) in [6, 6.07) is 10.2. The Kier molecular flexibility index (Phi) is 5.83. The normalized spacial score (nSPS) is 16.4. The summed E-state index contributed by atoms with van der Waals surface area (Å²) in [5, 5.41) is 0. The zero-order valence-electron chi connectivity index (χ0n) is 19.3. The van der Waals surface area contributed by atoms with Gasteiger partial charge in [0.1, 0.15) is 17.2 Å². The molecule has 34 heavy (non-hydrogen) atoms. The topological polar surface area (TPSA) is 89.4 Å². The molecule has 174 valence electrons. The highest BCUT2D eigenvalue weighted by atomic mass is 19.1. The van der Waals surface area contributed by atoms with E-state index in [1.54, 1.807) is 18.3 Å². The van der Waals surface area contributed by atoms with E-state index >= 15 is 0 Å². The van der Waals surface area contributed by atoms with E-state index in [2.05, 4.69) is 21.9 Å². The molecular formula is C26H27FN6O. The lowest BCUT2D eigenvalue weighted by atomic mass is 10.0. The maximum atomic E-state index is 13.6. The SMILES string of the molecule is Cc1cnc2ccc(-c3nc(C(=O)CCC4CCCN4C)c(N)nc3-c3ccc(F)cc3)cn12. The predicted octanol–water partition coefficient (Wildman–Crippen LogP) is 4.55. The average Bonchev–Trinajstić information content (AvgIpc) is 3.42. The lowest BCUT2D eigenvalue weighted by Gasteiger charge is -2.19. The van der Waals surface area contributed by atoms with Crippen molar-refractivity contribution in [2.24, 2.45) is 0 Å². The van der Waals surface area contributed by atoms with Crippen molar-refractivity contribution < 1.29 is 9.18 Å². The number of benzene rings is 1. The Balaban J connectivity index is 1.58. The molecule has 4 aromatic rings. The van der Waals surface area contributed by atoms with Crippen LogP contribution < -0.4 is 5.73 Å². The molecule has 7 nitrogen and oxygen atoms in total. The maximum Gasteiger partial charge on any atom is 0.185 e. The molecule has 0 spiro atoms. The fourth-order valence-electron chi connectivity index (χ4n) is 4.67. The molecule has 1 unspecified atom stereocenters. The maximum absolute atomic E-state index is 13.6. The number of likely N-dealkylation sites (tertiary alicyclic amines) is 1. The number of anilines is 1. The standard InChI is InChI=1S/C26H27FN6O/c1-16-14-29-22-12-7-18(15-33(16)22)24-23(17-5-8-19(27)9-6-17)31-26(28)25(30-24)21(34)11-10-20-4-3-13-32(20)2/h5-9,12,14-15,20H,3-4,10-11,13H2,1-2H3,(H2,28,31). The monoisotopic (exact) mass is 458 g/mol. The number of Topliss-reactive ketones (excluding diaryl/α,β-unsaturated/α-hetero) is 1. The van der Waals surface area contributed by atoms with Gasteiger partial charge in [0.25, 0.3) is 0 Å². The van der Waals surface area contributed by atoms with Crippen molar-refractivity contribution in [3.05, 3.63) is 66.0 Å². The fraction of sp³-hybridized carbons (Fsp3) is 0.308. The van der Waals surface area contributed by atoms with Crippen LogP contribution >= 0.6 is 0 Å². The van der Waals surface area contributed by atoms with E-state index in [9.17, 15) is 9.18 Å². The van der Waals surface area contributed by atoms with Crippen molar-refractivity contribution in [1.82, 2.24) is 24.3 Å². The fourth-order valence-corrected chi connectivity index (χ4v) is 4.67. The van der Waals surface area contributed by atoms with Gasteiger partial charge in [-0.25, -0.2) is 19.3 Å². The molecule has 0 saturated carbocycles. The minimum atomic E-state index is -0.342. The van der Waals surface area contributed by atoms with Crippen molar-refractivity contribution >= 4 is 17.2 Å². The Morgan fingerprint density at radius 2 is 1.85 bits per heavy atom. The molecule has 3 aromatic heterocycles. The molecule has 1 fully saturated rings. The molecule has 0 amide bonds. The number of hydrogen-bond donors (Lipinski definition) is 1. The lowest BCUT2D eigenvalue weighted by Crippen LogP contribution is -2.25. The number of nitrogen functional groups attached to an aromatic ring is 1. The van der Waals surface area contributed by atoms with Crippen LogP contribution in [-0.4, -0.2) is 49.7 Å². The number of rotatable bonds is 6. The molecule has 1 aliphatic heterocycles. The van der Waals surface area contributed by atoms with Gasteiger partial charge in [0.15, 0.2) is 11.6 Å². The first-order valence-corrected chi connectivity index (χ1v) is 11.5. The second-order valence-corrected chi connectivity index (χ2v) is 8.95. The van der Waals surface area contributed by atoms with Crippen LogP contribution in [0.3, 0.4) is 0 Å². The van der Waals surface area contributed by atoms with E-state index in [0.717, 1.165) is 42.7 Å². The van der Waals surface area contributed by atoms with Gasteiger partial charge in [-0.3, -0.25) is 4.79 Å². The molecule has 8 heteroatoms. The van der Waals surface area contributed by atoms with Crippen molar-refractivity contribution in [2.75, 3.05) is 19.3 Å². The molecule has 5 rings (SSSR count). The largest absolute Gasteiger partial charge is 0.382 e. The third-order valence-electron chi connectivity index (χ3n) is 6.64. The zero-order valence-corrected chi connectivity index (χ0v) is 19.3. The molecule has 0 aliphatic carbocycles. The van der Waals surface area contributed by atoms with E-state index in [1.165, 1.54) is 12.1 Å². The Morgan fingerprint density at radius 3 is 2.59 bits per heavy atom. The van der Waals surface area contributed by atoms with Gasteiger partial charge in [0.2, 0.25) is 0 Å². The van der Waals surface area contributed by atoms with Gasteiger partial charge in [-0.15, -0.1) is 0 Å². The van der Waals surface area contributed by atoms with E-state index in [0.29, 0.717) is 29.4 Å². The summed E-state index contributed by atoms with van der Waals surface area (Å²) in [6.45, 7) is 3.03. The number of carbonyl (C=O) groups excluding carboxylic acids is 1. The molecular weight excluding hydrogens is 431 g/mol. The summed E-state index contributed by atoms with van der Waals surface area (Å²) in [7, 11) is 2.10. The summed E-state index contributed by atoms with van der Waals surface area (Å²) in [5.41, 5.74) is 10.7. The molecule has 1 aromatic carbocycles. The second-order valence-electron chi connectivity index (χ2n) is 8.95. The van der Waals surface area contributed by atoms with Crippen LogP contribution in [0.25, 0.3) is 28.2 Å². The van der Waals surface area contributed by atoms with Crippen LogP contribution in [0.15, 0.2) is 48.8 Å². The molecule has 1 aliphatic rings. The number of carbonyl (C=O) groups is 1. The summed E-state index contributed by atoms with van der Waals surface area (Å²) in [5.74, 6) is -0.366. The van der Waals surface area contributed by atoms with Crippen LogP contribution in [0.1, 0.15) is 41.9 Å². The van der Waals surface area contributed by atoms with Crippen molar-refractivity contribution in [3.63, 3.8) is 0 Å². The number of fused-ring (bicyclic) bond motifs is 1. The van der Waals surface area contributed by atoms with E-state index in [4.69, 9.17) is 10.7 Å². The van der Waals surface area contributed by atoms with Crippen LogP contribution in [0.2, 0.25) is 0 Å². The number of nitrogens with two attached hydrogens (primary N) is 1. The van der Waals surface area contributed by atoms with Gasteiger partial charge in [-0.2, -0.15) is 0 Å². The molecule has 0 radical (unpaired) electrons. The van der Waals surface area contributed by atoms with Crippen LogP contribution in [0.4, 0.5) is 10.2 Å². The van der Waals surface area contributed by atoms with Gasteiger partial charge < -0.3 is 15.0 Å². The van der Waals surface area contributed by atoms with E-state index in [1.807, 2.05) is 29.7 Å². The van der Waals surface area contributed by atoms with Gasteiger partial charge in [-0.1, -0.05) is 0 Å². The van der Waals surface area contributed by atoms with Gasteiger partial charge >= 0.3 is 0 Å². The number of ketones is 1. The number of hydrogen-bond acceptors (Lipinski definition) is 6. The number of pyridine rings is 1. The molecule has 4 heterocycles. The predicted molar refractivity (Wildman–Crippen MR) is 130 cm³/mol. The molecule has 2 N–H and O–H groups in total. The minimum Gasteiger partial charge on any atom is -0.382 e. The second kappa shape index (κ2) is 8.95. The Morgan fingerprint density at radius 1 is 1.12 bits per heavy atom. The van der Waals surface area contributed by atoms with E-state index < -0.39 is 0 Å². The number of aryl methyl sites for hydroxylation is 1. The molecule has 0 bridgehead atoms. The molecule has 1 atom stereocenters. The number of aromatic nitrogens is 4. The number of nitrogens with zero attached hydrogens (tertiary/aromatic N) is 5. The smallest absolute Gasteiger partial charge is 0.185 e. The first-order chi connectivity index (χ1) is 16.4. The van der Waals surface area contributed by atoms with E-state index in [-0.39, 0.29) is 23.1 Å². The zero-order chi connectivity index (χ0) is 23.8. The Bertz CT molecular complexity index is 1360. The lowest BCUT2D eigenvalue weighted by molar-refractivity contribution is 0.0966. The van der Waals surface area contributed by atoms with Crippen molar-refractivity contribution in [1.29, 1.82) is 0 Å². The average molecular weight is 459 g/mol. The third-order valence-corrected chi connectivity index (χ3v) is 6.64. The summed E-state index contributed by atoms with van der Waals surface area (Å²) in [4.78, 5) is 29.2. The van der Waals surface area contributed by atoms with Crippen LogP contribution in [0.5, 0.6) is 0 Å². The van der Waals surface area contributed by atoms with Crippen LogP contribution in [-0.2, 0) is 0 Å². The minimum absolute atomic E-state index is 0.0905. The van der Waals surface area contributed by atoms with Crippen molar-refractivity contribution in [2.45, 2.75) is 38.6 Å². The van der Waals surface area contributed by atoms with Gasteiger partial charge in [-0.05, 0) is 76.2 Å². The first kappa shape index (κ1) is 22.2. The van der Waals surface area contributed by atoms with Crippen molar-refractivity contribution in [3.8, 4) is 22.5 Å². The summed E-state index contributed by atoms with van der Waals surface area (Å²) >= 11 is 0. The highest BCUT2D eigenvalue weighted by molar-refractivity contribution is 5.99. The third kappa shape index (κ3) is 4.17. The first-order valence-electron chi connectivity index (χ1n) is 11.5. The highest BCUT2D eigenvalue weighted by Gasteiger charge is 2.24. The summed E-state index contributed by atoms with van der Waals surface area (Å²) in [6.07, 6.45) is 7.11. The van der Waals surface area contributed by atoms with Crippen LogP contribution in [0, 0.1) is 12.7 Å². The highest BCUT2D eigenvalue weighted by Crippen LogP contribution is 2.32. The van der Waals surface area contributed by atoms with Gasteiger partial charge in [0, 0.05) is 41.7 Å². The number of imidazole rings is 1. The van der Waals surface area contributed by atoms with Gasteiger partial charge in [0.05, 0.1) is 11.4 Å². The Hall–Kier alpha value is -3.65. The summed E-state index contributed by atoms with van der Waals surface area (Å²) < 4.78 is 15.5. The quantitative estimate of drug-likeness (QED) is 0.427.